The number of aromatic hydroxyl groups is 1. The van der Waals surface area contributed by atoms with Crippen molar-refractivity contribution in [2.45, 2.75) is 61.0 Å². The molecular formula is C29H34N2O5. The molecule has 6 atom stereocenters. The molecule has 1 saturated heterocycles. The predicted octanol–water partition coefficient (Wildman–Crippen LogP) is 2.95. The molecule has 2 N–H and O–H groups in total. The van der Waals surface area contributed by atoms with Crippen molar-refractivity contribution in [3.63, 3.8) is 0 Å². The number of rotatable bonds is 6. The number of aliphatic hydroxyl groups is 1. The highest BCUT2D eigenvalue weighted by atomic mass is 16.5. The average molecular weight is 491 g/mol. The molecule has 36 heavy (non-hydrogen) atoms. The summed E-state index contributed by atoms with van der Waals surface area (Å²) in [7, 11) is 3.36. The second kappa shape index (κ2) is 8.33. The van der Waals surface area contributed by atoms with Gasteiger partial charge in [-0.2, -0.15) is 0 Å². The molecule has 2 aliphatic heterocycles. The molecule has 190 valence electrons. The number of likely N-dealkylation sites (tertiary alicyclic amines) is 1. The van der Waals surface area contributed by atoms with Gasteiger partial charge in [-0.05, 0) is 49.4 Å². The van der Waals surface area contributed by atoms with Gasteiger partial charge in [0, 0.05) is 32.3 Å². The lowest BCUT2D eigenvalue weighted by molar-refractivity contribution is -0.200. The minimum Gasteiger partial charge on any atom is -0.504 e. The van der Waals surface area contributed by atoms with Gasteiger partial charge in [-0.15, -0.1) is 6.58 Å². The maximum atomic E-state index is 13.8. The summed E-state index contributed by atoms with van der Waals surface area (Å²) in [5.74, 6) is 0.431. The van der Waals surface area contributed by atoms with E-state index in [1.54, 1.807) is 18.1 Å². The Labute approximate surface area is 211 Å². The summed E-state index contributed by atoms with van der Waals surface area (Å²) < 4.78 is 12.2. The van der Waals surface area contributed by atoms with Gasteiger partial charge in [0.15, 0.2) is 17.6 Å². The third-order valence-electron chi connectivity index (χ3n) is 9.31. The molecule has 2 heterocycles. The number of nitrogens with zero attached hydrogens (tertiary/aromatic N) is 2. The number of ether oxygens (including phenoxy) is 2. The van der Waals surface area contributed by atoms with E-state index in [2.05, 4.69) is 11.5 Å². The number of phenols is 1. The first-order valence-electron chi connectivity index (χ1n) is 12.8. The molecule has 0 aromatic heterocycles. The van der Waals surface area contributed by atoms with Crippen LogP contribution in [0.25, 0.3) is 0 Å². The van der Waals surface area contributed by atoms with Gasteiger partial charge in [0.1, 0.15) is 6.10 Å². The van der Waals surface area contributed by atoms with Crippen molar-refractivity contribution in [2.24, 2.45) is 0 Å². The molecule has 7 heteroatoms. The second-order valence-corrected chi connectivity index (χ2v) is 10.7. The Morgan fingerprint density at radius 2 is 2.08 bits per heavy atom. The number of carbonyl (C=O) groups is 1. The van der Waals surface area contributed by atoms with E-state index < -0.39 is 23.2 Å². The van der Waals surface area contributed by atoms with E-state index in [9.17, 15) is 15.0 Å². The summed E-state index contributed by atoms with van der Waals surface area (Å²) >= 11 is 0. The van der Waals surface area contributed by atoms with Crippen LogP contribution in [0.15, 0.2) is 55.1 Å². The summed E-state index contributed by atoms with van der Waals surface area (Å²) in [4.78, 5) is 17.8. The molecule has 6 rings (SSSR count). The third kappa shape index (κ3) is 2.93. The fourth-order valence-corrected chi connectivity index (χ4v) is 7.74. The molecular weight excluding hydrogens is 456 g/mol. The van der Waals surface area contributed by atoms with Crippen molar-refractivity contribution < 1.29 is 24.5 Å². The number of likely N-dealkylation sites (N-methyl/N-ethyl adjacent to an activating group) is 1. The number of piperidine rings is 1. The van der Waals surface area contributed by atoms with Crippen molar-refractivity contribution in [3.05, 3.63) is 71.8 Å². The zero-order valence-corrected chi connectivity index (χ0v) is 20.9. The maximum absolute atomic E-state index is 13.8. The van der Waals surface area contributed by atoms with Crippen LogP contribution < -0.4 is 4.74 Å². The lowest BCUT2D eigenvalue weighted by Crippen LogP contribution is -2.78. The SMILES string of the molecule is C=CCN1CC[C@]23c4c5ccc(O)c4O[C@H]2[C@H](N(C)C(=O)[C@@H](OC)c2ccccc2)CC[C@@]3(O)[C@H]1C5. The molecule has 2 bridgehead atoms. The number of phenolic OH excluding ortho intramolecular Hbond substituents is 1. The predicted molar refractivity (Wildman–Crippen MR) is 135 cm³/mol. The van der Waals surface area contributed by atoms with E-state index in [0.29, 0.717) is 38.0 Å². The minimum atomic E-state index is -1.02. The summed E-state index contributed by atoms with van der Waals surface area (Å²) in [5, 5.41) is 23.3. The average Bonchev–Trinajstić information content (AvgIpc) is 3.24. The van der Waals surface area contributed by atoms with Crippen LogP contribution in [-0.2, 0) is 21.4 Å². The molecule has 2 aromatic rings. The van der Waals surface area contributed by atoms with Crippen molar-refractivity contribution in [1.29, 1.82) is 0 Å². The molecule has 2 aromatic carbocycles. The normalized spacial score (nSPS) is 32.8. The van der Waals surface area contributed by atoms with E-state index in [1.165, 1.54) is 0 Å². The molecule has 2 fully saturated rings. The number of benzene rings is 2. The highest BCUT2D eigenvalue weighted by molar-refractivity contribution is 5.82. The van der Waals surface area contributed by atoms with Crippen molar-refractivity contribution in [3.8, 4) is 11.5 Å². The van der Waals surface area contributed by atoms with Crippen LogP contribution in [0, 0.1) is 0 Å². The fourth-order valence-electron chi connectivity index (χ4n) is 7.74. The molecule has 1 amide bonds. The fraction of sp³-hybridized carbons (Fsp3) is 0.483. The van der Waals surface area contributed by atoms with Gasteiger partial charge in [0.2, 0.25) is 0 Å². The van der Waals surface area contributed by atoms with Crippen molar-refractivity contribution in [1.82, 2.24) is 9.80 Å². The van der Waals surface area contributed by atoms with Gasteiger partial charge < -0.3 is 24.6 Å². The number of hydrogen-bond donors (Lipinski definition) is 2. The van der Waals surface area contributed by atoms with Gasteiger partial charge in [-0.3, -0.25) is 9.69 Å². The monoisotopic (exact) mass is 490 g/mol. The minimum absolute atomic E-state index is 0.0728. The first-order valence-corrected chi connectivity index (χ1v) is 12.8. The summed E-state index contributed by atoms with van der Waals surface area (Å²) in [6.07, 6.45) is 3.24. The summed E-state index contributed by atoms with van der Waals surface area (Å²) in [5.41, 5.74) is 1.15. The Bertz CT molecular complexity index is 1200. The largest absolute Gasteiger partial charge is 0.504 e. The summed E-state index contributed by atoms with van der Waals surface area (Å²) in [6.45, 7) is 5.44. The van der Waals surface area contributed by atoms with Crippen LogP contribution in [0.2, 0.25) is 0 Å². The van der Waals surface area contributed by atoms with Crippen LogP contribution in [0.1, 0.15) is 42.1 Å². The smallest absolute Gasteiger partial charge is 0.256 e. The Hall–Kier alpha value is -2.87. The Morgan fingerprint density at radius 1 is 1.31 bits per heavy atom. The first kappa shape index (κ1) is 23.5. The second-order valence-electron chi connectivity index (χ2n) is 10.7. The summed E-state index contributed by atoms with van der Waals surface area (Å²) in [6, 6.07) is 12.8. The van der Waals surface area contributed by atoms with Crippen LogP contribution >= 0.6 is 0 Å². The number of carbonyl (C=O) groups excluding carboxylic acids is 1. The molecule has 1 saturated carbocycles. The Morgan fingerprint density at radius 3 is 2.81 bits per heavy atom. The Balaban J connectivity index is 1.42. The van der Waals surface area contributed by atoms with Crippen LogP contribution in [0.4, 0.5) is 0 Å². The molecule has 0 unspecified atom stereocenters. The quantitative estimate of drug-likeness (QED) is 0.606. The highest BCUT2D eigenvalue weighted by Gasteiger charge is 2.73. The van der Waals surface area contributed by atoms with Gasteiger partial charge in [0.05, 0.1) is 17.1 Å². The zero-order chi connectivity index (χ0) is 25.2. The number of methoxy groups -OCH3 is 1. The molecule has 0 radical (unpaired) electrons. The zero-order valence-electron chi connectivity index (χ0n) is 20.9. The van der Waals surface area contributed by atoms with E-state index in [1.807, 2.05) is 49.5 Å². The van der Waals surface area contributed by atoms with Crippen LogP contribution in [0.5, 0.6) is 11.5 Å². The maximum Gasteiger partial charge on any atom is 0.256 e. The van der Waals surface area contributed by atoms with E-state index in [-0.39, 0.29) is 23.7 Å². The van der Waals surface area contributed by atoms with Crippen molar-refractivity contribution in [2.75, 3.05) is 27.2 Å². The van der Waals surface area contributed by atoms with E-state index in [0.717, 1.165) is 23.2 Å². The Kier molecular flexibility index (Phi) is 5.44. The molecule has 4 aliphatic rings. The van der Waals surface area contributed by atoms with Crippen molar-refractivity contribution >= 4 is 5.91 Å². The van der Waals surface area contributed by atoms with Crippen LogP contribution in [-0.4, -0.2) is 77.0 Å². The third-order valence-corrected chi connectivity index (χ3v) is 9.31. The van der Waals surface area contributed by atoms with Gasteiger partial charge in [0.25, 0.3) is 5.91 Å². The lowest BCUT2D eigenvalue weighted by atomic mass is 9.48. The topological polar surface area (TPSA) is 82.5 Å². The van der Waals surface area contributed by atoms with E-state index in [4.69, 9.17) is 9.47 Å². The standard InChI is InChI=1S/C29H34N2O5/c1-4-15-31-16-14-28-23-19-10-11-21(32)25(23)36-26(28)20(12-13-29(28,34)22(31)17-19)30(2)27(33)24(35-3)18-8-6-5-7-9-18/h4-11,20,22,24,26,32,34H,1,12-17H2,2-3H3/t20-,22-,24+,26+,28+,29-/m1/s1. The van der Waals surface area contributed by atoms with E-state index >= 15 is 0 Å². The molecule has 1 spiro atoms. The van der Waals surface area contributed by atoms with Gasteiger partial charge >= 0.3 is 0 Å². The van der Waals surface area contributed by atoms with Crippen LogP contribution in [0.3, 0.4) is 0 Å². The molecule has 2 aliphatic carbocycles. The first-order chi connectivity index (χ1) is 17.4. The highest BCUT2D eigenvalue weighted by Crippen LogP contribution is 2.65. The van der Waals surface area contributed by atoms with Gasteiger partial charge in [-0.25, -0.2) is 0 Å². The van der Waals surface area contributed by atoms with Gasteiger partial charge in [-0.1, -0.05) is 42.5 Å². The number of amides is 1. The lowest BCUT2D eigenvalue weighted by Gasteiger charge is -2.64. The number of hydrogen-bond acceptors (Lipinski definition) is 6. The molecule has 7 nitrogen and oxygen atoms in total.